The molecule has 0 aromatic carbocycles. The normalized spacial score (nSPS) is 42.7. The molecule has 0 saturated heterocycles. The first-order chi connectivity index (χ1) is 33.1. The van der Waals surface area contributed by atoms with Crippen LogP contribution in [0.4, 0.5) is 0 Å². The van der Waals surface area contributed by atoms with Crippen molar-refractivity contribution in [1.82, 2.24) is 5.32 Å². The quantitative estimate of drug-likeness (QED) is 0.0488. The van der Waals surface area contributed by atoms with Gasteiger partial charge in [-0.05, 0) is 137 Å². The van der Waals surface area contributed by atoms with Gasteiger partial charge in [0.25, 0.3) is 0 Å². The molecule has 20 unspecified atom stereocenters. The average Bonchev–Trinajstić information content (AvgIpc) is 3.34. The molecule has 71 heavy (non-hydrogen) atoms. The Hall–Kier alpha value is 1.76. The standard InChI is InChI=1S/C47H78N7O8S2.3Na.O3S/c1-27-21-28-22-31(48-30-9-3-2-4-10-30)15-16-34(28)47(56)46(27)54-52-42-20-19-40(37-13-7-8-14-38(37)42)50-49-39-17-18-41(36-12-6-5-11-35(36)39)51-53-43-25-32(57-59-61-63)23-29-24-33(58-60-62-64)26-44(55)45(29)43;;;;1-4(2)3/h8,27-48,55-56,63-64H,2-7,9-26H2,1H3;;;;/q-1;3*+1;/p-2. The summed E-state index contributed by atoms with van der Waals surface area (Å²) in [5.41, 5.74) is 0. The van der Waals surface area contributed by atoms with Gasteiger partial charge in [-0.25, -0.2) is 9.78 Å². The van der Waals surface area contributed by atoms with Crippen molar-refractivity contribution in [3.05, 3.63) is 6.42 Å². The van der Waals surface area contributed by atoms with Crippen molar-refractivity contribution in [3.63, 3.8) is 0 Å². The smallest absolute Gasteiger partial charge is 0.579 e. The molecule has 0 radical (unpaired) electrons. The Morgan fingerprint density at radius 1 is 0.535 bits per heavy atom. The third kappa shape index (κ3) is 17.4. The third-order valence-corrected chi connectivity index (χ3v) is 18.4. The molecule has 9 aliphatic carbocycles. The van der Waals surface area contributed by atoms with Crippen LogP contribution in [0.3, 0.4) is 0 Å². The van der Waals surface area contributed by atoms with Crippen LogP contribution in [-0.4, -0.2) is 95.6 Å². The summed E-state index contributed by atoms with van der Waals surface area (Å²) in [6.45, 7) is 2.31. The second-order valence-corrected chi connectivity index (χ2v) is 22.8. The Kier molecular flexibility index (Phi) is 28.8. The Balaban J connectivity index is 0.00000129. The monoisotopic (exact) mass is 1080 g/mol. The summed E-state index contributed by atoms with van der Waals surface area (Å²) in [7, 11) is -3.11. The topological polar surface area (TPSA) is 233 Å². The molecule has 386 valence electrons. The van der Waals surface area contributed by atoms with Gasteiger partial charge in [0.05, 0.1) is 60.7 Å². The van der Waals surface area contributed by atoms with Crippen molar-refractivity contribution in [3.8, 4) is 0 Å². The molecule has 9 aliphatic rings. The predicted octanol–water partition coefficient (Wildman–Crippen LogP) is -0.714. The van der Waals surface area contributed by atoms with Gasteiger partial charge < -0.3 is 56.4 Å². The molecule has 20 atom stereocenters. The summed E-state index contributed by atoms with van der Waals surface area (Å²) in [5.74, 6) is 2.97. The van der Waals surface area contributed by atoms with E-state index < -0.39 is 16.7 Å². The van der Waals surface area contributed by atoms with Crippen LogP contribution in [0.15, 0.2) is 30.7 Å². The summed E-state index contributed by atoms with van der Waals surface area (Å²) < 4.78 is 33.9. The van der Waals surface area contributed by atoms with Gasteiger partial charge >= 0.3 is 99.3 Å². The number of fused-ring (bicyclic) bond motifs is 4. The molecule has 0 heterocycles. The van der Waals surface area contributed by atoms with Crippen LogP contribution >= 0.6 is 0 Å². The number of hydrogen-bond donors (Lipinski definition) is 3. The first-order valence-electron chi connectivity index (χ1n) is 26.2. The number of aliphatic hydroxyl groups is 2. The minimum Gasteiger partial charge on any atom is -0.579 e. The van der Waals surface area contributed by atoms with Gasteiger partial charge in [-0.1, -0.05) is 55.5 Å². The van der Waals surface area contributed by atoms with Crippen LogP contribution in [0.25, 0.3) is 0 Å². The minimum absolute atomic E-state index is 0. The van der Waals surface area contributed by atoms with Crippen LogP contribution in [0.2, 0.25) is 0 Å². The van der Waals surface area contributed by atoms with E-state index in [2.05, 4.69) is 58.2 Å². The van der Waals surface area contributed by atoms with E-state index in [1.54, 1.807) is 0 Å². The molecule has 0 aromatic heterocycles. The average molecular weight is 1080 g/mol. The molecule has 9 rings (SSSR count). The largest absolute Gasteiger partial charge is 1.00 e. The summed E-state index contributed by atoms with van der Waals surface area (Å²) in [4.78, 5) is 10.8. The molecule has 0 aromatic rings. The molecule has 0 amide bonds. The van der Waals surface area contributed by atoms with Gasteiger partial charge in [0, 0.05) is 30.8 Å². The molecule has 9 saturated carbocycles. The summed E-state index contributed by atoms with van der Waals surface area (Å²) >= 11 is 8.88. The first-order valence-corrected chi connectivity index (χ1v) is 27.9. The van der Waals surface area contributed by atoms with Gasteiger partial charge in [-0.15, -0.1) is 12.6 Å². The second-order valence-electron chi connectivity index (χ2n) is 22.1. The Labute approximate surface area is 500 Å². The predicted molar refractivity (Wildman–Crippen MR) is 251 cm³/mol. The van der Waals surface area contributed by atoms with E-state index in [1.165, 1.54) is 57.8 Å². The van der Waals surface area contributed by atoms with Crippen molar-refractivity contribution in [1.29, 1.82) is 0 Å². The van der Waals surface area contributed by atoms with Crippen molar-refractivity contribution in [2.24, 2.45) is 83.9 Å². The Morgan fingerprint density at radius 3 is 1.65 bits per heavy atom. The fourth-order valence-corrected chi connectivity index (χ4v) is 15.3. The van der Waals surface area contributed by atoms with E-state index in [-0.39, 0.29) is 155 Å². The van der Waals surface area contributed by atoms with Crippen LogP contribution < -0.4 is 94.0 Å². The molecule has 24 heteroatoms. The number of azo groups is 3. The van der Waals surface area contributed by atoms with Gasteiger partial charge in [0.1, 0.15) is 0 Å². The maximum Gasteiger partial charge on any atom is 1.00 e. The van der Waals surface area contributed by atoms with Crippen molar-refractivity contribution >= 4 is 36.4 Å². The molecule has 9 fully saturated rings. The molecule has 18 nitrogen and oxygen atoms in total. The Morgan fingerprint density at radius 2 is 1.06 bits per heavy atom. The Bertz CT molecular complexity index is 1780. The molecular formula is C47H76N7Na3O11S3. The maximum atomic E-state index is 11.8. The minimum atomic E-state index is -3.11. The van der Waals surface area contributed by atoms with Gasteiger partial charge in [-0.3, -0.25) is 0 Å². The molecule has 0 spiro atoms. The number of aliphatic hydroxyl groups excluding tert-OH is 2. The zero-order valence-corrected chi connectivity index (χ0v) is 51.1. The van der Waals surface area contributed by atoms with Crippen LogP contribution in [-0.2, 0) is 64.9 Å². The van der Waals surface area contributed by atoms with Crippen LogP contribution in [0, 0.1) is 59.7 Å². The van der Waals surface area contributed by atoms with E-state index in [1.807, 2.05) is 0 Å². The number of rotatable bonds is 14. The summed E-state index contributed by atoms with van der Waals surface area (Å²) in [6.07, 6.45) is 26.2. The fraction of sp³-hybridized carbons (Fsp3) is 0.979. The maximum absolute atomic E-state index is 11.8. The molecule has 3 N–H and O–H groups in total. The van der Waals surface area contributed by atoms with Crippen molar-refractivity contribution in [2.75, 3.05) is 0 Å². The van der Waals surface area contributed by atoms with Crippen LogP contribution in [0.1, 0.15) is 161 Å². The SMILES string of the molecule is CC1CC2CC(NC3CCCCC3)CCC2C(O)C1N=NC1CCC(N=NC2CCC(N=NC3CC(OOO[S-])CC4CC(OOO[S-])CC(O)C43)C3CCCCC23)C2CC[CH-]CC12.O=S(=O)=O.[Na+].[Na+].[Na+]. The van der Waals surface area contributed by atoms with Gasteiger partial charge in [-0.2, -0.15) is 43.5 Å². The summed E-state index contributed by atoms with van der Waals surface area (Å²) in [5, 5.41) is 67.4. The van der Waals surface area contributed by atoms with Gasteiger partial charge in [0.15, 0.2) is 0 Å². The summed E-state index contributed by atoms with van der Waals surface area (Å²) in [6, 6.07) is 1.71. The zero-order valence-electron chi connectivity index (χ0n) is 42.6. The molecule has 0 bridgehead atoms. The second kappa shape index (κ2) is 32.1. The first kappa shape index (κ1) is 63.6. The van der Waals surface area contributed by atoms with E-state index in [0.29, 0.717) is 79.2 Å². The number of nitrogens with zero attached hydrogens (tertiary/aromatic N) is 6. The van der Waals surface area contributed by atoms with Gasteiger partial charge in [0.2, 0.25) is 0 Å². The molecular weight excluding hydrogens is 1000 g/mol. The zero-order chi connectivity index (χ0) is 47.6. The van der Waals surface area contributed by atoms with E-state index in [9.17, 15) is 10.2 Å². The third-order valence-electron chi connectivity index (χ3n) is 18.3. The van der Waals surface area contributed by atoms with E-state index in [4.69, 9.17) is 58.1 Å². The van der Waals surface area contributed by atoms with Crippen molar-refractivity contribution in [2.45, 2.75) is 234 Å². The van der Waals surface area contributed by atoms with Crippen molar-refractivity contribution < 1.29 is 140 Å². The fourth-order valence-electron chi connectivity index (χ4n) is 15.3. The number of nitrogens with one attached hydrogen (secondary N) is 1. The van der Waals surface area contributed by atoms with Crippen LogP contribution in [0.5, 0.6) is 0 Å². The van der Waals surface area contributed by atoms with E-state index in [0.717, 1.165) is 70.6 Å². The molecule has 0 aliphatic heterocycles. The number of hydrogen-bond acceptors (Lipinski definition) is 20. The van der Waals surface area contributed by atoms with E-state index >= 15 is 0 Å².